The Morgan fingerprint density at radius 2 is 1.71 bits per heavy atom. The zero-order chi connectivity index (χ0) is 16.3. The Kier molecular flexibility index (Phi) is 10.1. The molecule has 0 aliphatic heterocycles. The number of hydrogen-bond acceptors (Lipinski definition) is 2. The third-order valence-corrected chi connectivity index (χ3v) is 2.82. The van der Waals surface area contributed by atoms with Crippen LogP contribution in [0.15, 0.2) is 46.9 Å². The van der Waals surface area contributed by atoms with Crippen molar-refractivity contribution in [3.8, 4) is 0 Å². The lowest BCUT2D eigenvalue weighted by atomic mass is 9.96. The molecule has 2 nitrogen and oxygen atoms in total. The van der Waals surface area contributed by atoms with Gasteiger partial charge < -0.3 is 4.74 Å². The van der Waals surface area contributed by atoms with Crippen molar-refractivity contribution in [1.29, 1.82) is 0 Å². The summed E-state index contributed by atoms with van der Waals surface area (Å²) in [4.78, 5) is 11.6. The van der Waals surface area contributed by atoms with Crippen molar-refractivity contribution in [2.24, 2.45) is 0 Å². The van der Waals surface area contributed by atoms with Gasteiger partial charge in [-0.15, -0.1) is 11.5 Å². The molecule has 0 unspecified atom stereocenters. The highest BCUT2D eigenvalue weighted by Crippen LogP contribution is 2.21. The van der Waals surface area contributed by atoms with Gasteiger partial charge in [-0.1, -0.05) is 32.1 Å². The lowest BCUT2D eigenvalue weighted by Crippen LogP contribution is -2.05. The fraction of sp³-hybridized carbons (Fsp3) is 0.526. The second kappa shape index (κ2) is 11.0. The van der Waals surface area contributed by atoms with Crippen LogP contribution in [0.25, 0.3) is 0 Å². The van der Waals surface area contributed by atoms with Crippen molar-refractivity contribution in [3.63, 3.8) is 0 Å². The maximum atomic E-state index is 11.6. The maximum Gasteiger partial charge on any atom is 0.310 e. The fourth-order valence-electron chi connectivity index (χ4n) is 2.10. The monoisotopic (exact) mass is 288 g/mol. The Labute approximate surface area is 129 Å². The second-order valence-corrected chi connectivity index (χ2v) is 5.34. The molecule has 116 valence electrons. The van der Waals surface area contributed by atoms with E-state index in [9.17, 15) is 4.79 Å². The molecule has 0 radical (unpaired) electrons. The molecule has 0 aromatic carbocycles. The molecule has 0 heterocycles. The van der Waals surface area contributed by atoms with Crippen LogP contribution in [0.4, 0.5) is 0 Å². The first kappa shape index (κ1) is 19.2. The van der Waals surface area contributed by atoms with Gasteiger partial charge in [-0.25, -0.2) is 0 Å². The van der Waals surface area contributed by atoms with Crippen molar-refractivity contribution in [3.05, 3.63) is 46.9 Å². The quantitative estimate of drug-likeness (QED) is 0.328. The molecular formula is C19H28O2. The number of ether oxygens (including phenoxy) is 1. The number of carbonyl (C=O) groups excluding carboxylic acids is 1. The van der Waals surface area contributed by atoms with E-state index in [2.05, 4.69) is 31.5 Å². The van der Waals surface area contributed by atoms with Gasteiger partial charge in [-0.3, -0.25) is 4.79 Å². The van der Waals surface area contributed by atoms with Crippen molar-refractivity contribution < 1.29 is 9.53 Å². The fourth-order valence-corrected chi connectivity index (χ4v) is 2.10. The highest BCUT2D eigenvalue weighted by atomic mass is 16.5. The molecule has 0 saturated carbocycles. The molecule has 0 aromatic rings. The molecule has 0 bridgehead atoms. The van der Waals surface area contributed by atoms with Crippen LogP contribution in [0.5, 0.6) is 0 Å². The maximum absolute atomic E-state index is 11.6. The predicted molar refractivity (Wildman–Crippen MR) is 89.1 cm³/mol. The highest BCUT2D eigenvalue weighted by molar-refractivity contribution is 5.72. The summed E-state index contributed by atoms with van der Waals surface area (Å²) in [6.45, 7) is 16.1. The highest BCUT2D eigenvalue weighted by Gasteiger charge is 2.09. The zero-order valence-electron chi connectivity index (χ0n) is 14.0. The molecule has 0 saturated heterocycles. The molecule has 0 aromatic heterocycles. The van der Waals surface area contributed by atoms with Crippen molar-refractivity contribution in [2.75, 3.05) is 6.61 Å². The first-order valence-electron chi connectivity index (χ1n) is 7.54. The van der Waals surface area contributed by atoms with E-state index in [1.54, 1.807) is 0 Å². The largest absolute Gasteiger partial charge is 0.466 e. The summed E-state index contributed by atoms with van der Waals surface area (Å²) in [6, 6.07) is 0. The van der Waals surface area contributed by atoms with E-state index < -0.39 is 0 Å². The first-order chi connectivity index (χ1) is 9.92. The summed E-state index contributed by atoms with van der Waals surface area (Å²) in [5, 5.41) is 0. The average Bonchev–Trinajstić information content (AvgIpc) is 2.37. The number of hydrogen-bond donors (Lipinski definition) is 0. The molecule has 0 rings (SSSR count). The Morgan fingerprint density at radius 3 is 2.19 bits per heavy atom. The summed E-state index contributed by atoms with van der Waals surface area (Å²) < 4.78 is 5.01. The molecule has 0 aliphatic carbocycles. The van der Waals surface area contributed by atoms with Crippen molar-refractivity contribution >= 4 is 5.97 Å². The third kappa shape index (κ3) is 9.73. The summed E-state index contributed by atoms with van der Waals surface area (Å²) in [5.74, 6) is -0.206. The number of allylic oxidation sites excluding steroid dienone is 2. The minimum Gasteiger partial charge on any atom is -0.466 e. The van der Waals surface area contributed by atoms with E-state index in [-0.39, 0.29) is 12.4 Å². The van der Waals surface area contributed by atoms with Gasteiger partial charge in [0.1, 0.15) is 0 Å². The van der Waals surface area contributed by atoms with E-state index in [0.29, 0.717) is 13.0 Å². The number of esters is 1. The Balaban J connectivity index is 4.84. The molecule has 0 aliphatic rings. The van der Waals surface area contributed by atoms with E-state index >= 15 is 0 Å². The molecule has 0 atom stereocenters. The molecule has 0 fully saturated rings. The third-order valence-electron chi connectivity index (χ3n) is 2.82. The van der Waals surface area contributed by atoms with E-state index in [4.69, 9.17) is 4.74 Å². The molecule has 0 spiro atoms. The van der Waals surface area contributed by atoms with Crippen LogP contribution >= 0.6 is 0 Å². The van der Waals surface area contributed by atoms with Gasteiger partial charge in [0.25, 0.3) is 0 Å². The second-order valence-electron chi connectivity index (χ2n) is 5.34. The van der Waals surface area contributed by atoms with Gasteiger partial charge in [0.15, 0.2) is 0 Å². The van der Waals surface area contributed by atoms with Crippen LogP contribution in [-0.4, -0.2) is 12.6 Å². The van der Waals surface area contributed by atoms with E-state index in [1.807, 2.05) is 20.8 Å². The molecule has 21 heavy (non-hydrogen) atoms. The van der Waals surface area contributed by atoms with Gasteiger partial charge in [-0.2, -0.15) is 0 Å². The number of rotatable bonds is 9. The summed E-state index contributed by atoms with van der Waals surface area (Å²) in [7, 11) is 0. The van der Waals surface area contributed by atoms with Gasteiger partial charge in [0.2, 0.25) is 0 Å². The van der Waals surface area contributed by atoms with Gasteiger partial charge in [-0.05, 0) is 56.8 Å². The molecule has 0 amide bonds. The van der Waals surface area contributed by atoms with Crippen LogP contribution in [0, 0.1) is 0 Å². The summed E-state index contributed by atoms with van der Waals surface area (Å²) in [5.41, 5.74) is 10.5. The van der Waals surface area contributed by atoms with Crippen LogP contribution < -0.4 is 0 Å². The Bertz CT molecular complexity index is 478. The smallest absolute Gasteiger partial charge is 0.310 e. The van der Waals surface area contributed by atoms with Crippen LogP contribution in [0.1, 0.15) is 59.8 Å². The average molecular weight is 288 g/mol. The topological polar surface area (TPSA) is 26.3 Å². The normalized spacial score (nSPS) is 9.33. The summed E-state index contributed by atoms with van der Waals surface area (Å²) in [6.07, 6.45) is 3.79. The van der Waals surface area contributed by atoms with Crippen molar-refractivity contribution in [2.45, 2.75) is 59.8 Å². The minimum atomic E-state index is -0.206. The SMILES string of the molecule is C=C=C(CCC)CC(=C)CC(=C=C(C)C)CC(=O)OCC. The molecule has 0 N–H and O–H groups in total. The van der Waals surface area contributed by atoms with Gasteiger partial charge in [0, 0.05) is 0 Å². The van der Waals surface area contributed by atoms with Gasteiger partial charge in [0.05, 0.1) is 13.0 Å². The lowest BCUT2D eigenvalue weighted by Gasteiger charge is -2.09. The zero-order valence-corrected chi connectivity index (χ0v) is 14.0. The first-order valence-corrected chi connectivity index (χ1v) is 7.54. The molecule has 2 heteroatoms. The minimum absolute atomic E-state index is 0.206. The van der Waals surface area contributed by atoms with Crippen LogP contribution in [0.3, 0.4) is 0 Å². The standard InChI is InChI=1S/C19H28O2/c1-7-10-17(8-2)12-16(6)13-18(11-15(4)5)14-19(20)21-9-3/h2,6-7,9-10,12-14H2,1,3-5H3. The van der Waals surface area contributed by atoms with Gasteiger partial charge >= 0.3 is 5.97 Å². The van der Waals surface area contributed by atoms with E-state index in [0.717, 1.165) is 36.0 Å². The van der Waals surface area contributed by atoms with Crippen LogP contribution in [-0.2, 0) is 9.53 Å². The lowest BCUT2D eigenvalue weighted by molar-refractivity contribution is -0.142. The van der Waals surface area contributed by atoms with Crippen molar-refractivity contribution in [1.82, 2.24) is 0 Å². The predicted octanol–water partition coefficient (Wildman–Crippen LogP) is 5.28. The number of carbonyl (C=O) groups is 1. The Hall–Kier alpha value is -1.75. The molecular weight excluding hydrogens is 260 g/mol. The van der Waals surface area contributed by atoms with Crippen LogP contribution in [0.2, 0.25) is 0 Å². The van der Waals surface area contributed by atoms with E-state index in [1.165, 1.54) is 5.57 Å². The summed E-state index contributed by atoms with van der Waals surface area (Å²) >= 11 is 0. The Morgan fingerprint density at radius 1 is 1.10 bits per heavy atom.